The first-order valence-electron chi connectivity index (χ1n) is 5.50. The van der Waals surface area contributed by atoms with E-state index in [1.165, 1.54) is 10.4 Å². The Bertz CT molecular complexity index is 126. The van der Waals surface area contributed by atoms with E-state index < -0.39 is 26.2 Å². The van der Waals surface area contributed by atoms with E-state index >= 15 is 0 Å². The molecule has 0 aliphatic carbocycles. The molecule has 0 saturated heterocycles. The zero-order chi connectivity index (χ0) is 11.9. The molecule has 0 amide bonds. The molecule has 0 rings (SSSR count). The quantitative estimate of drug-likeness (QED) is 0.752. The molecular weight excluding hydrogens is 236 g/mol. The molecule has 0 spiro atoms. The first kappa shape index (κ1) is 17.2. The fourth-order valence-electron chi connectivity index (χ4n) is 0.667. The number of nitrogens with one attached hydrogen (secondary N) is 1. The van der Waals surface area contributed by atoms with E-state index in [2.05, 4.69) is 61.8 Å². The van der Waals surface area contributed by atoms with Gasteiger partial charge in [-0.2, -0.15) is 0 Å². The number of hydrogen-bond donors (Lipinski definition) is 1. The lowest BCUT2D eigenvalue weighted by atomic mass is 11.6. The van der Waals surface area contributed by atoms with Gasteiger partial charge >= 0.3 is 0 Å². The molecule has 1 N–H and O–H groups in total. The third-order valence-corrected chi connectivity index (χ3v) is 14.0. The van der Waals surface area contributed by atoms with Crippen LogP contribution < -0.4 is 4.65 Å². The molecule has 0 aromatic carbocycles. The lowest BCUT2D eigenvalue weighted by Crippen LogP contribution is -2.40. The summed E-state index contributed by atoms with van der Waals surface area (Å²) >= 11 is 0. The summed E-state index contributed by atoms with van der Waals surface area (Å²) in [5, 5.41) is 0. The van der Waals surface area contributed by atoms with Crippen molar-refractivity contribution in [3.05, 3.63) is 0 Å². The lowest BCUT2D eigenvalue weighted by molar-refractivity contribution is 0.820. The highest BCUT2D eigenvalue weighted by Crippen LogP contribution is 2.00. The van der Waals surface area contributed by atoms with Crippen LogP contribution in [0.15, 0.2) is 0 Å². The van der Waals surface area contributed by atoms with Gasteiger partial charge in [0.2, 0.25) is 0 Å². The molecule has 0 radical (unpaired) electrons. The minimum Gasteiger partial charge on any atom is -0.365 e. The molecule has 0 bridgehead atoms. The zero-order valence-corrected chi connectivity index (χ0v) is 16.9. The molecular formula is C8H30N2Si4. The molecule has 0 aromatic heterocycles. The Hall–Kier alpha value is 0.788. The fourth-order valence-corrected chi connectivity index (χ4v) is 6.00. The maximum atomic E-state index is 3.58. The van der Waals surface area contributed by atoms with Crippen LogP contribution in [0.25, 0.3) is 0 Å². The van der Waals surface area contributed by atoms with Crippen molar-refractivity contribution in [3.63, 3.8) is 0 Å². The van der Waals surface area contributed by atoms with Gasteiger partial charge in [0.1, 0.15) is 8.24 Å². The molecule has 0 atom stereocenters. The van der Waals surface area contributed by atoms with Crippen molar-refractivity contribution >= 4 is 36.6 Å². The monoisotopic (exact) mass is 266 g/mol. The molecule has 0 unspecified atom stereocenters. The number of rotatable bonds is 3. The highest BCUT2D eigenvalue weighted by Gasteiger charge is 2.13. The topological polar surface area (TPSA) is 15.3 Å². The molecule has 14 heavy (non-hydrogen) atoms. The average Bonchev–Trinajstić information content (AvgIpc) is 1.81. The largest absolute Gasteiger partial charge is 0.365 e. The predicted molar refractivity (Wildman–Crippen MR) is 81.9 cm³/mol. The second kappa shape index (κ2) is 8.00. The lowest BCUT2D eigenvalue weighted by Gasteiger charge is -2.25. The molecule has 0 fully saturated rings. The van der Waals surface area contributed by atoms with E-state index in [1.807, 2.05) is 0 Å². The Balaban J connectivity index is 0. The molecule has 0 saturated carbocycles. The van der Waals surface area contributed by atoms with Crippen LogP contribution in [0.3, 0.4) is 0 Å². The van der Waals surface area contributed by atoms with Crippen LogP contribution in [0.5, 0.6) is 0 Å². The Labute approximate surface area is 98.4 Å². The van der Waals surface area contributed by atoms with Gasteiger partial charge in [0.05, 0.1) is 28.3 Å². The van der Waals surface area contributed by atoms with E-state index in [9.17, 15) is 0 Å². The van der Waals surface area contributed by atoms with E-state index in [0.29, 0.717) is 0 Å². The average molecular weight is 267 g/mol. The Morgan fingerprint density at radius 2 is 1.21 bits per heavy atom. The van der Waals surface area contributed by atoms with Crippen LogP contribution in [0.1, 0.15) is 0 Å². The van der Waals surface area contributed by atoms with Gasteiger partial charge in [-0.1, -0.05) is 45.8 Å². The van der Waals surface area contributed by atoms with Crippen molar-refractivity contribution in [2.24, 2.45) is 0 Å². The van der Waals surface area contributed by atoms with Crippen LogP contribution >= 0.6 is 0 Å². The zero-order valence-electron chi connectivity index (χ0n) is 11.6. The Morgan fingerprint density at radius 3 is 1.21 bits per heavy atom. The van der Waals surface area contributed by atoms with Crippen molar-refractivity contribution in [2.45, 2.75) is 45.8 Å². The van der Waals surface area contributed by atoms with Crippen molar-refractivity contribution < 1.29 is 0 Å². The molecule has 0 aliphatic rings. The summed E-state index contributed by atoms with van der Waals surface area (Å²) in [7, 11) is 1.76. The van der Waals surface area contributed by atoms with Crippen molar-refractivity contribution in [3.8, 4) is 0 Å². The van der Waals surface area contributed by atoms with Gasteiger partial charge in [-0.05, 0) is 7.05 Å². The van der Waals surface area contributed by atoms with Crippen molar-refractivity contribution in [1.82, 2.24) is 8.88 Å². The maximum absolute atomic E-state index is 3.58. The van der Waals surface area contributed by atoms with E-state index in [-0.39, 0.29) is 0 Å². The van der Waals surface area contributed by atoms with Gasteiger partial charge in [-0.15, -0.1) is 0 Å². The Kier molecular flexibility index (Phi) is 9.82. The van der Waals surface area contributed by atoms with Crippen molar-refractivity contribution in [2.75, 3.05) is 7.05 Å². The van der Waals surface area contributed by atoms with Gasteiger partial charge in [0, 0.05) is 0 Å². The summed E-state index contributed by atoms with van der Waals surface area (Å²) in [6.07, 6.45) is 0. The number of hydrogen-bond acceptors (Lipinski definition) is 2. The van der Waals surface area contributed by atoms with E-state index in [0.717, 1.165) is 0 Å². The molecule has 0 heterocycles. The van der Waals surface area contributed by atoms with Gasteiger partial charge < -0.3 is 8.88 Å². The SMILES string of the molecule is CN([SiH3])[Si](C)(C)C.C[SiH](C)N[SiH](C)C. The van der Waals surface area contributed by atoms with Crippen LogP contribution in [-0.2, 0) is 0 Å². The third-order valence-electron chi connectivity index (χ3n) is 2.01. The highest BCUT2D eigenvalue weighted by molar-refractivity contribution is 6.76. The first-order chi connectivity index (χ1) is 6.07. The summed E-state index contributed by atoms with van der Waals surface area (Å²) in [5.41, 5.74) is 0. The van der Waals surface area contributed by atoms with Crippen LogP contribution in [-0.4, -0.2) is 47.8 Å². The van der Waals surface area contributed by atoms with Crippen LogP contribution in [0.2, 0.25) is 45.8 Å². The second-order valence-corrected chi connectivity index (χ2v) is 19.0. The number of nitrogens with zero attached hydrogens (tertiary/aromatic N) is 1. The third kappa shape index (κ3) is 15.3. The normalized spacial score (nSPS) is 12.2. The minimum atomic E-state index is -0.840. The van der Waals surface area contributed by atoms with Crippen LogP contribution in [0.4, 0.5) is 0 Å². The van der Waals surface area contributed by atoms with Gasteiger partial charge in [-0.3, -0.25) is 0 Å². The molecule has 6 heteroatoms. The maximum Gasteiger partial charge on any atom is 0.111 e. The minimum absolute atomic E-state index is 0.417. The summed E-state index contributed by atoms with van der Waals surface area (Å²) in [6.45, 7) is 16.4. The second-order valence-electron chi connectivity index (χ2n) is 5.54. The summed E-state index contributed by atoms with van der Waals surface area (Å²) in [6, 6.07) is 0. The molecule has 88 valence electrons. The first-order valence-corrected chi connectivity index (χ1v) is 15.6. The molecule has 0 aliphatic heterocycles. The van der Waals surface area contributed by atoms with Gasteiger partial charge in [0.15, 0.2) is 0 Å². The highest BCUT2D eigenvalue weighted by atomic mass is 28.4. The smallest absolute Gasteiger partial charge is 0.111 e. The molecule has 0 aromatic rings. The predicted octanol–water partition coefficient (Wildman–Crippen LogP) is 0.576. The van der Waals surface area contributed by atoms with E-state index in [1.54, 1.807) is 0 Å². The van der Waals surface area contributed by atoms with Crippen LogP contribution in [0, 0.1) is 0 Å². The summed E-state index contributed by atoms with van der Waals surface area (Å²) in [5.74, 6) is 0. The molecule has 2 nitrogen and oxygen atoms in total. The summed E-state index contributed by atoms with van der Waals surface area (Å²) < 4.78 is 6.05. The van der Waals surface area contributed by atoms with E-state index in [4.69, 9.17) is 0 Å². The summed E-state index contributed by atoms with van der Waals surface area (Å²) in [4.78, 5) is 0. The fraction of sp³-hybridized carbons (Fsp3) is 1.00. The van der Waals surface area contributed by atoms with Gasteiger partial charge in [0.25, 0.3) is 0 Å². The van der Waals surface area contributed by atoms with Gasteiger partial charge in [-0.25, -0.2) is 0 Å². The standard InChI is InChI=1S/2C4H15NSi2/c1-6(2)5-7(3)4;1-5(6)7(2,3)4/h5-7H,1-4H3;1-4,6H3. The Morgan fingerprint density at radius 1 is 1.00 bits per heavy atom. The van der Waals surface area contributed by atoms with Crippen molar-refractivity contribution in [1.29, 1.82) is 0 Å².